The van der Waals surface area contributed by atoms with Gasteiger partial charge in [0.2, 0.25) is 0 Å². The van der Waals surface area contributed by atoms with Crippen molar-refractivity contribution in [1.82, 2.24) is 0 Å². The molecule has 4 rings (SSSR count). The quantitative estimate of drug-likeness (QED) is 0.331. The molecule has 0 amide bonds. The monoisotopic (exact) mass is 524 g/mol. The molecule has 1 saturated carbocycles. The number of rotatable bonds is 5. The van der Waals surface area contributed by atoms with E-state index in [4.69, 9.17) is 16.3 Å². The Morgan fingerprint density at radius 3 is 2.47 bits per heavy atom. The molecule has 2 aliphatic rings. The number of halogens is 1. The van der Waals surface area contributed by atoms with Crippen molar-refractivity contribution < 1.29 is 36.0 Å². The molecule has 8 nitrogen and oxygen atoms in total. The van der Waals surface area contributed by atoms with Crippen LogP contribution >= 0.6 is 11.6 Å². The lowest BCUT2D eigenvalue weighted by Crippen LogP contribution is -2.43. The van der Waals surface area contributed by atoms with Gasteiger partial charge in [-0.2, -0.15) is 0 Å². The first-order chi connectivity index (χ1) is 16.0. The molecule has 0 saturated heterocycles. The van der Waals surface area contributed by atoms with Crippen LogP contribution in [0.15, 0.2) is 46.2 Å². The van der Waals surface area contributed by atoms with Crippen molar-refractivity contribution >= 4 is 48.8 Å². The maximum Gasteiger partial charge on any atom is 0.339 e. The van der Waals surface area contributed by atoms with Crippen LogP contribution in [-0.2, 0) is 35.6 Å². The summed E-state index contributed by atoms with van der Waals surface area (Å²) in [6.45, 7) is 0. The highest BCUT2D eigenvalue weighted by Gasteiger charge is 2.47. The molecular weight excluding hydrogens is 504 g/mol. The zero-order valence-electron chi connectivity index (χ0n) is 18.1. The molecule has 34 heavy (non-hydrogen) atoms. The van der Waals surface area contributed by atoms with Crippen molar-refractivity contribution in [3.63, 3.8) is 0 Å². The van der Waals surface area contributed by atoms with Gasteiger partial charge in [0.1, 0.15) is 5.78 Å². The van der Waals surface area contributed by atoms with Gasteiger partial charge in [0.25, 0.3) is 0 Å². The second-order valence-corrected chi connectivity index (χ2v) is 12.8. The van der Waals surface area contributed by atoms with Gasteiger partial charge in [0, 0.05) is 12.0 Å². The Hall–Kier alpha value is -2.56. The highest BCUT2D eigenvalue weighted by Crippen LogP contribution is 2.39. The van der Waals surface area contributed by atoms with Crippen LogP contribution in [0.3, 0.4) is 0 Å². The summed E-state index contributed by atoms with van der Waals surface area (Å²) in [7, 11) is -6.68. The predicted octanol–water partition coefficient (Wildman–Crippen LogP) is 2.85. The van der Waals surface area contributed by atoms with E-state index in [0.29, 0.717) is 5.56 Å². The first-order valence-corrected chi connectivity index (χ1v) is 14.1. The van der Waals surface area contributed by atoms with E-state index in [-0.39, 0.29) is 57.4 Å². The van der Waals surface area contributed by atoms with Crippen molar-refractivity contribution in [3.05, 3.63) is 58.1 Å². The number of hydrogen-bond donors (Lipinski definition) is 0. The van der Waals surface area contributed by atoms with E-state index in [1.807, 2.05) is 0 Å². The molecule has 2 atom stereocenters. The summed E-state index contributed by atoms with van der Waals surface area (Å²) in [6.07, 6.45) is 0.461. The van der Waals surface area contributed by atoms with Crippen LogP contribution < -0.4 is 0 Å². The lowest BCUT2D eigenvalue weighted by Gasteiger charge is -2.30. The van der Waals surface area contributed by atoms with Crippen LogP contribution in [0.25, 0.3) is 0 Å². The minimum Gasteiger partial charge on any atom is -0.465 e. The number of methoxy groups -OCH3 is 1. The molecule has 0 spiro atoms. The van der Waals surface area contributed by atoms with Crippen molar-refractivity contribution in [1.29, 1.82) is 0 Å². The zero-order valence-corrected chi connectivity index (χ0v) is 20.5. The largest absolute Gasteiger partial charge is 0.465 e. The van der Waals surface area contributed by atoms with Gasteiger partial charge in [-0.15, -0.1) is 0 Å². The van der Waals surface area contributed by atoms with Gasteiger partial charge in [-0.3, -0.25) is 9.59 Å². The molecule has 1 aliphatic carbocycles. The van der Waals surface area contributed by atoms with Crippen LogP contribution in [0.4, 0.5) is 0 Å². The van der Waals surface area contributed by atoms with E-state index >= 15 is 0 Å². The molecule has 0 bridgehead atoms. The third-order valence-corrected chi connectivity index (χ3v) is 10.8. The van der Waals surface area contributed by atoms with E-state index in [2.05, 4.69) is 0 Å². The van der Waals surface area contributed by atoms with Gasteiger partial charge in [-0.25, -0.2) is 21.6 Å². The number of fused-ring (bicyclic) bond motifs is 1. The van der Waals surface area contributed by atoms with Crippen molar-refractivity contribution in [3.8, 4) is 0 Å². The number of carbonyl (C=O) groups excluding carboxylic acids is 3. The van der Waals surface area contributed by atoms with E-state index in [9.17, 15) is 31.2 Å². The highest BCUT2D eigenvalue weighted by atomic mass is 35.5. The maximum atomic E-state index is 13.7. The summed E-state index contributed by atoms with van der Waals surface area (Å²) in [6, 6.07) is 7.99. The fraction of sp³-hybridized carbons (Fsp3) is 0.348. The first kappa shape index (κ1) is 24.6. The molecule has 1 aliphatic heterocycles. The van der Waals surface area contributed by atoms with Crippen LogP contribution in [0.1, 0.15) is 45.5 Å². The van der Waals surface area contributed by atoms with Gasteiger partial charge in [0.15, 0.2) is 25.5 Å². The summed E-state index contributed by atoms with van der Waals surface area (Å²) < 4.78 is 56.4. The number of carbonyl (C=O) groups is 3. The van der Waals surface area contributed by atoms with Gasteiger partial charge in [-0.1, -0.05) is 23.7 Å². The van der Waals surface area contributed by atoms with Crippen molar-refractivity contribution in [2.75, 3.05) is 12.9 Å². The van der Waals surface area contributed by atoms with Crippen LogP contribution in [-0.4, -0.2) is 52.5 Å². The summed E-state index contributed by atoms with van der Waals surface area (Å²) >= 11 is 6.40. The minimum absolute atomic E-state index is 0.0258. The molecular formula is C23H21ClO8S2. The maximum absolute atomic E-state index is 13.7. The number of sulfone groups is 2. The number of Topliss-reactive ketones (excluding diaryl/α,β-unsaturated/α-hetero) is 2. The van der Waals surface area contributed by atoms with Gasteiger partial charge in [0.05, 0.1) is 44.4 Å². The summed E-state index contributed by atoms with van der Waals surface area (Å²) in [4.78, 5) is 38.4. The summed E-state index contributed by atoms with van der Waals surface area (Å²) in [5.74, 6) is -3.83. The molecule has 1 fully saturated rings. The number of esters is 1. The highest BCUT2D eigenvalue weighted by molar-refractivity contribution is 7.92. The van der Waals surface area contributed by atoms with Crippen LogP contribution in [0.2, 0.25) is 5.02 Å². The fourth-order valence-electron chi connectivity index (χ4n) is 4.64. The Bertz CT molecular complexity index is 1430. The second kappa shape index (κ2) is 8.90. The van der Waals surface area contributed by atoms with Gasteiger partial charge >= 0.3 is 5.97 Å². The molecule has 180 valence electrons. The molecule has 1 heterocycles. The molecule has 2 unspecified atom stereocenters. The Balaban J connectivity index is 1.80. The van der Waals surface area contributed by atoms with E-state index in [1.165, 1.54) is 36.4 Å². The average molecular weight is 525 g/mol. The minimum atomic E-state index is -4.31. The Morgan fingerprint density at radius 1 is 1.06 bits per heavy atom. The standard InChI is InChI=1S/C23H21ClO8S2/c1-32-23(27)14-5-2-3-7-18(14)34(30,31)19-8-4-6-16(25)20(19)22(26)15-9-10-17-13(21(15)24)11-12-33(17,28)29/h2-3,5,7,9-10,19-20H,4,6,8,11-12H2,1H3. The number of benzene rings is 2. The molecule has 2 aromatic carbocycles. The molecule has 2 aromatic rings. The molecule has 11 heteroatoms. The zero-order chi connectivity index (χ0) is 24.8. The number of ketones is 2. The normalized spacial score (nSPS) is 21.6. The molecule has 0 aromatic heterocycles. The van der Waals surface area contributed by atoms with Crippen LogP contribution in [0, 0.1) is 5.92 Å². The average Bonchev–Trinajstić information content (AvgIpc) is 3.13. The predicted molar refractivity (Wildman–Crippen MR) is 123 cm³/mol. The SMILES string of the molecule is COC(=O)c1ccccc1S(=O)(=O)C1CCCC(=O)C1C(=O)c1ccc2c(c1Cl)CCS2(=O)=O. The Morgan fingerprint density at radius 2 is 1.76 bits per heavy atom. The fourth-order valence-corrected chi connectivity index (χ4v) is 8.76. The third kappa shape index (κ3) is 3.97. The van der Waals surface area contributed by atoms with Crippen molar-refractivity contribution in [2.24, 2.45) is 5.92 Å². The number of ether oxygens (including phenoxy) is 1. The Labute approximate surface area is 202 Å². The second-order valence-electron chi connectivity index (χ2n) is 8.24. The van der Waals surface area contributed by atoms with E-state index in [0.717, 1.165) is 7.11 Å². The molecule has 0 N–H and O–H groups in total. The Kier molecular flexibility index (Phi) is 6.43. The third-order valence-electron chi connectivity index (χ3n) is 6.33. The topological polar surface area (TPSA) is 129 Å². The molecule has 0 radical (unpaired) electrons. The van der Waals surface area contributed by atoms with Gasteiger partial charge < -0.3 is 4.74 Å². The smallest absolute Gasteiger partial charge is 0.339 e. The van der Waals surface area contributed by atoms with Crippen LogP contribution in [0.5, 0.6) is 0 Å². The summed E-state index contributed by atoms with van der Waals surface area (Å²) in [5, 5.41) is -1.48. The van der Waals surface area contributed by atoms with E-state index in [1.54, 1.807) is 0 Å². The van der Waals surface area contributed by atoms with Gasteiger partial charge in [-0.05, 0) is 49.1 Å². The lowest BCUT2D eigenvalue weighted by molar-refractivity contribution is -0.122. The van der Waals surface area contributed by atoms with Crippen molar-refractivity contribution in [2.45, 2.75) is 40.7 Å². The first-order valence-electron chi connectivity index (χ1n) is 10.5. The lowest BCUT2D eigenvalue weighted by atomic mass is 9.82. The van der Waals surface area contributed by atoms with E-state index < -0.39 is 48.4 Å². The number of hydrogen-bond acceptors (Lipinski definition) is 8. The summed E-state index contributed by atoms with van der Waals surface area (Å²) in [5.41, 5.74) is 0.0282.